The van der Waals surface area contributed by atoms with Crippen LogP contribution in [-0.4, -0.2) is 26.7 Å². The zero-order valence-corrected chi connectivity index (χ0v) is 13.3. The molecule has 0 aliphatic heterocycles. The number of carbonyl (C=O) groups is 1. The Balaban J connectivity index is 1.88. The smallest absolute Gasteiger partial charge is 0.224 e. The summed E-state index contributed by atoms with van der Waals surface area (Å²) < 4.78 is 23.2. The van der Waals surface area contributed by atoms with Gasteiger partial charge in [0, 0.05) is 12.1 Å². The molecule has 0 aliphatic rings. The molecule has 0 fully saturated rings. The van der Waals surface area contributed by atoms with Crippen LogP contribution in [-0.2, 0) is 17.6 Å². The minimum absolute atomic E-state index is 0.0985. The van der Waals surface area contributed by atoms with Gasteiger partial charge in [0.15, 0.2) is 0 Å². The van der Waals surface area contributed by atoms with E-state index < -0.39 is 0 Å². The summed E-state index contributed by atoms with van der Waals surface area (Å²) in [6.07, 6.45) is 0.866. The van der Waals surface area contributed by atoms with Crippen molar-refractivity contribution in [2.24, 2.45) is 0 Å². The van der Waals surface area contributed by atoms with Crippen molar-refractivity contribution in [3.05, 3.63) is 59.4 Å². The van der Waals surface area contributed by atoms with Gasteiger partial charge in [-0.1, -0.05) is 12.1 Å². The lowest BCUT2D eigenvalue weighted by atomic mass is 10.1. The molecule has 0 bridgehead atoms. The van der Waals surface area contributed by atoms with E-state index >= 15 is 0 Å². The first-order valence-electron chi connectivity index (χ1n) is 7.34. The van der Waals surface area contributed by atoms with E-state index in [-0.39, 0.29) is 18.1 Å². The topological polar surface area (TPSA) is 47.6 Å². The highest BCUT2D eigenvalue weighted by atomic mass is 19.1. The maximum atomic E-state index is 12.8. The molecular weight excluding hydrogens is 297 g/mol. The van der Waals surface area contributed by atoms with E-state index in [0.717, 1.165) is 11.1 Å². The van der Waals surface area contributed by atoms with E-state index in [1.165, 1.54) is 12.1 Å². The van der Waals surface area contributed by atoms with Gasteiger partial charge < -0.3 is 14.8 Å². The molecule has 0 aliphatic carbocycles. The molecule has 0 saturated carbocycles. The summed E-state index contributed by atoms with van der Waals surface area (Å²) in [6.45, 7) is 0.497. The van der Waals surface area contributed by atoms with Crippen molar-refractivity contribution in [1.29, 1.82) is 0 Å². The van der Waals surface area contributed by atoms with E-state index in [1.807, 2.05) is 0 Å². The SMILES string of the molecule is COc1ccc(OC)c(CC(=O)NCCc2ccc(F)cc2)c1. The average molecular weight is 317 g/mol. The molecule has 2 aromatic rings. The molecule has 23 heavy (non-hydrogen) atoms. The molecule has 1 amide bonds. The number of benzene rings is 2. The number of amides is 1. The highest BCUT2D eigenvalue weighted by molar-refractivity contribution is 5.79. The van der Waals surface area contributed by atoms with Crippen molar-refractivity contribution < 1.29 is 18.7 Å². The molecule has 0 saturated heterocycles. The highest BCUT2D eigenvalue weighted by Gasteiger charge is 2.10. The number of hydrogen-bond acceptors (Lipinski definition) is 3. The fourth-order valence-corrected chi connectivity index (χ4v) is 2.25. The first kappa shape index (κ1) is 16.8. The third-order valence-corrected chi connectivity index (χ3v) is 3.49. The van der Waals surface area contributed by atoms with Crippen LogP contribution in [0.2, 0.25) is 0 Å². The number of nitrogens with one attached hydrogen (secondary N) is 1. The number of methoxy groups -OCH3 is 2. The summed E-state index contributed by atoms with van der Waals surface area (Å²) in [5.74, 6) is 0.973. The Bertz CT molecular complexity index is 656. The molecule has 4 nitrogen and oxygen atoms in total. The van der Waals surface area contributed by atoms with Crippen molar-refractivity contribution >= 4 is 5.91 Å². The molecule has 2 rings (SSSR count). The molecular formula is C18H20FNO3. The fourth-order valence-electron chi connectivity index (χ4n) is 2.25. The number of ether oxygens (including phenoxy) is 2. The van der Waals surface area contributed by atoms with Gasteiger partial charge in [0.05, 0.1) is 20.6 Å². The first-order chi connectivity index (χ1) is 11.1. The third-order valence-electron chi connectivity index (χ3n) is 3.49. The summed E-state index contributed by atoms with van der Waals surface area (Å²) in [5.41, 5.74) is 1.75. The molecule has 2 aromatic carbocycles. The molecule has 0 aromatic heterocycles. The van der Waals surface area contributed by atoms with Gasteiger partial charge in [0.25, 0.3) is 0 Å². The van der Waals surface area contributed by atoms with Crippen molar-refractivity contribution in [3.8, 4) is 11.5 Å². The van der Waals surface area contributed by atoms with Crippen molar-refractivity contribution in [2.45, 2.75) is 12.8 Å². The fraction of sp³-hybridized carbons (Fsp3) is 0.278. The van der Waals surface area contributed by atoms with Crippen LogP contribution in [0.5, 0.6) is 11.5 Å². The molecule has 122 valence electrons. The van der Waals surface area contributed by atoms with Crippen LogP contribution in [0.1, 0.15) is 11.1 Å². The zero-order chi connectivity index (χ0) is 16.7. The number of rotatable bonds is 7. The summed E-state index contributed by atoms with van der Waals surface area (Å²) >= 11 is 0. The lowest BCUT2D eigenvalue weighted by molar-refractivity contribution is -0.120. The quantitative estimate of drug-likeness (QED) is 0.854. The second-order valence-corrected chi connectivity index (χ2v) is 5.08. The van der Waals surface area contributed by atoms with Crippen LogP contribution in [0.3, 0.4) is 0 Å². The summed E-state index contributed by atoms with van der Waals surface area (Å²) in [4.78, 5) is 12.1. The predicted octanol–water partition coefficient (Wildman–Crippen LogP) is 2.74. The molecule has 5 heteroatoms. The highest BCUT2D eigenvalue weighted by Crippen LogP contribution is 2.24. The van der Waals surface area contributed by atoms with Gasteiger partial charge in [-0.25, -0.2) is 4.39 Å². The van der Waals surface area contributed by atoms with Gasteiger partial charge >= 0.3 is 0 Å². The van der Waals surface area contributed by atoms with Gasteiger partial charge in [-0.15, -0.1) is 0 Å². The Labute approximate surface area is 135 Å². The second-order valence-electron chi connectivity index (χ2n) is 5.08. The second kappa shape index (κ2) is 8.17. The van der Waals surface area contributed by atoms with Crippen LogP contribution < -0.4 is 14.8 Å². The maximum absolute atomic E-state index is 12.8. The van der Waals surface area contributed by atoms with Crippen LogP contribution in [0, 0.1) is 5.82 Å². The van der Waals surface area contributed by atoms with Crippen LogP contribution >= 0.6 is 0 Å². The standard InChI is InChI=1S/C18H20FNO3/c1-22-16-7-8-17(23-2)14(11-16)12-18(21)20-10-9-13-3-5-15(19)6-4-13/h3-8,11H,9-10,12H2,1-2H3,(H,20,21). The van der Waals surface area contributed by atoms with Gasteiger partial charge in [-0.05, 0) is 42.3 Å². The summed E-state index contributed by atoms with van der Waals surface area (Å²) in [7, 11) is 3.14. The van der Waals surface area contributed by atoms with Crippen LogP contribution in [0.15, 0.2) is 42.5 Å². The van der Waals surface area contributed by atoms with Gasteiger partial charge in [0.2, 0.25) is 5.91 Å². The minimum Gasteiger partial charge on any atom is -0.497 e. The predicted molar refractivity (Wildman–Crippen MR) is 86.4 cm³/mol. The van der Waals surface area contributed by atoms with Crippen LogP contribution in [0.4, 0.5) is 4.39 Å². The van der Waals surface area contributed by atoms with Crippen molar-refractivity contribution in [2.75, 3.05) is 20.8 Å². The largest absolute Gasteiger partial charge is 0.497 e. The van der Waals surface area contributed by atoms with Gasteiger partial charge in [-0.2, -0.15) is 0 Å². The zero-order valence-electron chi connectivity index (χ0n) is 13.3. The van der Waals surface area contributed by atoms with Gasteiger partial charge in [0.1, 0.15) is 17.3 Å². The number of hydrogen-bond donors (Lipinski definition) is 1. The van der Waals surface area contributed by atoms with E-state index in [4.69, 9.17) is 9.47 Å². The minimum atomic E-state index is -0.261. The first-order valence-corrected chi connectivity index (χ1v) is 7.34. The summed E-state index contributed by atoms with van der Waals surface area (Å²) in [5, 5.41) is 2.85. The normalized spacial score (nSPS) is 10.2. The van der Waals surface area contributed by atoms with Gasteiger partial charge in [-0.3, -0.25) is 4.79 Å². The number of halogens is 1. The molecule has 0 atom stereocenters. The molecule has 1 N–H and O–H groups in total. The summed E-state index contributed by atoms with van der Waals surface area (Å²) in [6, 6.07) is 11.6. The molecule has 0 unspecified atom stereocenters. The lowest BCUT2D eigenvalue weighted by Crippen LogP contribution is -2.27. The Morgan fingerprint density at radius 2 is 1.83 bits per heavy atom. The monoisotopic (exact) mass is 317 g/mol. The van der Waals surface area contributed by atoms with E-state index in [9.17, 15) is 9.18 Å². The van der Waals surface area contributed by atoms with Crippen LogP contribution in [0.25, 0.3) is 0 Å². The van der Waals surface area contributed by atoms with E-state index in [0.29, 0.717) is 24.5 Å². The third kappa shape index (κ3) is 4.98. The lowest BCUT2D eigenvalue weighted by Gasteiger charge is -2.11. The van der Waals surface area contributed by atoms with E-state index in [1.54, 1.807) is 44.6 Å². The molecule has 0 heterocycles. The average Bonchev–Trinajstić information content (AvgIpc) is 2.56. The maximum Gasteiger partial charge on any atom is 0.224 e. The van der Waals surface area contributed by atoms with Crippen molar-refractivity contribution in [1.82, 2.24) is 5.32 Å². The number of carbonyl (C=O) groups excluding carboxylic acids is 1. The Morgan fingerprint density at radius 1 is 1.09 bits per heavy atom. The Hall–Kier alpha value is -2.56. The van der Waals surface area contributed by atoms with Crippen molar-refractivity contribution in [3.63, 3.8) is 0 Å². The molecule has 0 radical (unpaired) electrons. The molecule has 0 spiro atoms. The Morgan fingerprint density at radius 3 is 2.48 bits per heavy atom. The van der Waals surface area contributed by atoms with E-state index in [2.05, 4.69) is 5.32 Å². The Kier molecular flexibility index (Phi) is 5.97.